The summed E-state index contributed by atoms with van der Waals surface area (Å²) in [5, 5.41) is 9.76. The Morgan fingerprint density at radius 1 is 1.27 bits per heavy atom. The summed E-state index contributed by atoms with van der Waals surface area (Å²) in [6, 6.07) is 8.63. The van der Waals surface area contributed by atoms with Crippen molar-refractivity contribution in [2.75, 3.05) is 7.11 Å². The summed E-state index contributed by atoms with van der Waals surface area (Å²) in [6.07, 6.45) is 1.71. The molecule has 112 valence electrons. The normalized spacial score (nSPS) is 10.6. The number of aromatic amines is 1. The fourth-order valence-electron chi connectivity index (χ4n) is 2.16. The number of benzene rings is 1. The fourth-order valence-corrected chi connectivity index (χ4v) is 2.16. The molecule has 3 aromatic rings. The van der Waals surface area contributed by atoms with Gasteiger partial charge in [0.05, 0.1) is 12.6 Å². The summed E-state index contributed by atoms with van der Waals surface area (Å²) in [4.78, 5) is 18.1. The van der Waals surface area contributed by atoms with Crippen LogP contribution in [0.2, 0.25) is 0 Å². The van der Waals surface area contributed by atoms with Crippen LogP contribution >= 0.6 is 0 Å². The first kappa shape index (κ1) is 13.9. The Morgan fingerprint density at radius 2 is 2.09 bits per heavy atom. The molecule has 2 aromatic heterocycles. The number of H-pyrrole nitrogens is 1. The van der Waals surface area contributed by atoms with Crippen molar-refractivity contribution in [3.8, 4) is 17.4 Å². The van der Waals surface area contributed by atoms with Gasteiger partial charge in [0.2, 0.25) is 5.88 Å². The molecule has 0 aliphatic rings. The SMILES string of the molecule is COc1cc(Oc2ccc(C)cn2)cc2cc(C(=O)O)[nH]c12. The van der Waals surface area contributed by atoms with E-state index in [1.165, 1.54) is 13.2 Å². The first-order valence-electron chi connectivity index (χ1n) is 6.61. The summed E-state index contributed by atoms with van der Waals surface area (Å²) in [7, 11) is 1.52. The number of nitrogens with zero attached hydrogens (tertiary/aromatic N) is 1. The van der Waals surface area contributed by atoms with E-state index in [9.17, 15) is 4.79 Å². The van der Waals surface area contributed by atoms with Crippen molar-refractivity contribution in [1.29, 1.82) is 0 Å². The lowest BCUT2D eigenvalue weighted by molar-refractivity contribution is 0.0691. The molecule has 0 bridgehead atoms. The maximum Gasteiger partial charge on any atom is 0.352 e. The average Bonchev–Trinajstić information content (AvgIpc) is 2.93. The molecule has 22 heavy (non-hydrogen) atoms. The minimum atomic E-state index is -1.03. The van der Waals surface area contributed by atoms with Crippen LogP contribution in [0.3, 0.4) is 0 Å². The van der Waals surface area contributed by atoms with E-state index in [0.29, 0.717) is 28.3 Å². The minimum Gasteiger partial charge on any atom is -0.494 e. The van der Waals surface area contributed by atoms with Crippen LogP contribution in [-0.4, -0.2) is 28.2 Å². The van der Waals surface area contributed by atoms with E-state index in [4.69, 9.17) is 14.6 Å². The molecular formula is C16H14N2O4. The smallest absolute Gasteiger partial charge is 0.352 e. The quantitative estimate of drug-likeness (QED) is 0.771. The second-order valence-corrected chi connectivity index (χ2v) is 4.85. The summed E-state index contributed by atoms with van der Waals surface area (Å²) >= 11 is 0. The van der Waals surface area contributed by atoms with E-state index in [-0.39, 0.29) is 5.69 Å². The van der Waals surface area contributed by atoms with E-state index in [2.05, 4.69) is 9.97 Å². The number of hydrogen-bond acceptors (Lipinski definition) is 4. The van der Waals surface area contributed by atoms with E-state index in [1.54, 1.807) is 24.4 Å². The van der Waals surface area contributed by atoms with Crippen molar-refractivity contribution in [3.05, 3.63) is 47.8 Å². The van der Waals surface area contributed by atoms with Crippen molar-refractivity contribution in [2.24, 2.45) is 0 Å². The van der Waals surface area contributed by atoms with E-state index < -0.39 is 5.97 Å². The van der Waals surface area contributed by atoms with Gasteiger partial charge in [-0.1, -0.05) is 6.07 Å². The highest BCUT2D eigenvalue weighted by molar-refractivity contribution is 5.96. The summed E-state index contributed by atoms with van der Waals surface area (Å²) < 4.78 is 11.0. The zero-order valence-electron chi connectivity index (χ0n) is 12.1. The van der Waals surface area contributed by atoms with E-state index in [0.717, 1.165) is 5.56 Å². The molecule has 0 fully saturated rings. The number of carboxylic acids is 1. The monoisotopic (exact) mass is 298 g/mol. The number of nitrogens with one attached hydrogen (secondary N) is 1. The maximum absolute atomic E-state index is 11.1. The number of aromatic nitrogens is 2. The highest BCUT2D eigenvalue weighted by atomic mass is 16.5. The number of carbonyl (C=O) groups is 1. The molecule has 0 aliphatic carbocycles. The zero-order valence-corrected chi connectivity index (χ0v) is 12.1. The summed E-state index contributed by atoms with van der Waals surface area (Å²) in [5.74, 6) is 0.464. The molecule has 0 unspecified atom stereocenters. The minimum absolute atomic E-state index is 0.0962. The van der Waals surface area contributed by atoms with E-state index in [1.807, 2.05) is 13.0 Å². The van der Waals surface area contributed by atoms with Crippen LogP contribution in [0.15, 0.2) is 36.5 Å². The van der Waals surface area contributed by atoms with E-state index >= 15 is 0 Å². The number of carboxylic acid groups (broad SMARTS) is 1. The van der Waals surface area contributed by atoms with Gasteiger partial charge in [-0.05, 0) is 24.6 Å². The Labute approximate surface area is 126 Å². The molecule has 0 saturated carbocycles. The number of aryl methyl sites for hydroxylation is 1. The van der Waals surface area contributed by atoms with Gasteiger partial charge < -0.3 is 19.6 Å². The van der Waals surface area contributed by atoms with Gasteiger partial charge in [0.1, 0.15) is 17.2 Å². The molecule has 2 heterocycles. The van der Waals surface area contributed by atoms with Crippen molar-refractivity contribution in [2.45, 2.75) is 6.92 Å². The predicted molar refractivity (Wildman–Crippen MR) is 80.9 cm³/mol. The standard InChI is InChI=1S/C16H14N2O4/c1-9-3-4-14(17-8-9)22-11-5-10-6-12(16(19)20)18-15(10)13(7-11)21-2/h3-8,18H,1-2H3,(H,19,20). The molecule has 0 saturated heterocycles. The Hall–Kier alpha value is -3.02. The van der Waals surface area contributed by atoms with Gasteiger partial charge in [0.15, 0.2) is 0 Å². The Kier molecular flexibility index (Phi) is 3.42. The Balaban J connectivity index is 2.02. The number of pyridine rings is 1. The number of methoxy groups -OCH3 is 1. The van der Waals surface area contributed by atoms with Gasteiger partial charge in [-0.25, -0.2) is 9.78 Å². The van der Waals surface area contributed by atoms with Crippen LogP contribution in [0, 0.1) is 6.92 Å². The number of hydrogen-bond donors (Lipinski definition) is 2. The highest BCUT2D eigenvalue weighted by Gasteiger charge is 2.13. The molecule has 0 spiro atoms. The number of rotatable bonds is 4. The molecule has 6 nitrogen and oxygen atoms in total. The topological polar surface area (TPSA) is 84.4 Å². The van der Waals surface area contributed by atoms with Crippen LogP contribution < -0.4 is 9.47 Å². The second-order valence-electron chi connectivity index (χ2n) is 4.85. The van der Waals surface area contributed by atoms with Crippen LogP contribution in [0.25, 0.3) is 10.9 Å². The van der Waals surface area contributed by atoms with Gasteiger partial charge in [-0.2, -0.15) is 0 Å². The molecular weight excluding hydrogens is 284 g/mol. The molecule has 0 amide bonds. The third kappa shape index (κ3) is 2.58. The fraction of sp³-hybridized carbons (Fsp3) is 0.125. The van der Waals surface area contributed by atoms with Crippen LogP contribution in [0.4, 0.5) is 0 Å². The van der Waals surface area contributed by atoms with Crippen molar-refractivity contribution >= 4 is 16.9 Å². The Morgan fingerprint density at radius 3 is 2.73 bits per heavy atom. The largest absolute Gasteiger partial charge is 0.494 e. The number of aromatic carboxylic acids is 1. The highest BCUT2D eigenvalue weighted by Crippen LogP contribution is 2.33. The van der Waals surface area contributed by atoms with Gasteiger partial charge in [0, 0.05) is 23.7 Å². The van der Waals surface area contributed by atoms with Crippen molar-refractivity contribution in [3.63, 3.8) is 0 Å². The van der Waals surface area contributed by atoms with Gasteiger partial charge >= 0.3 is 5.97 Å². The lowest BCUT2D eigenvalue weighted by Gasteiger charge is -2.08. The average molecular weight is 298 g/mol. The van der Waals surface area contributed by atoms with Crippen LogP contribution in [-0.2, 0) is 0 Å². The molecule has 0 radical (unpaired) electrons. The van der Waals surface area contributed by atoms with Crippen LogP contribution in [0.1, 0.15) is 16.1 Å². The summed E-state index contributed by atoms with van der Waals surface area (Å²) in [6.45, 7) is 1.94. The zero-order chi connectivity index (χ0) is 15.7. The third-order valence-electron chi connectivity index (χ3n) is 3.22. The second kappa shape index (κ2) is 5.40. The molecule has 1 aromatic carbocycles. The molecule has 0 atom stereocenters. The molecule has 3 rings (SSSR count). The van der Waals surface area contributed by atoms with Gasteiger partial charge in [0.25, 0.3) is 0 Å². The van der Waals surface area contributed by atoms with Gasteiger partial charge in [-0.15, -0.1) is 0 Å². The molecule has 6 heteroatoms. The maximum atomic E-state index is 11.1. The lowest BCUT2D eigenvalue weighted by atomic mass is 10.2. The third-order valence-corrected chi connectivity index (χ3v) is 3.22. The number of fused-ring (bicyclic) bond motifs is 1. The predicted octanol–water partition coefficient (Wildman–Crippen LogP) is 3.37. The summed E-state index contributed by atoms with van der Waals surface area (Å²) in [5.41, 5.74) is 1.75. The Bertz CT molecular complexity index is 837. The van der Waals surface area contributed by atoms with Gasteiger partial charge in [-0.3, -0.25) is 0 Å². The van der Waals surface area contributed by atoms with Crippen molar-refractivity contribution in [1.82, 2.24) is 9.97 Å². The molecule has 0 aliphatic heterocycles. The first-order valence-corrected chi connectivity index (χ1v) is 6.61. The lowest BCUT2D eigenvalue weighted by Crippen LogP contribution is -1.95. The first-order chi connectivity index (χ1) is 10.6. The number of ether oxygens (including phenoxy) is 2. The van der Waals surface area contributed by atoms with Crippen LogP contribution in [0.5, 0.6) is 17.4 Å². The van der Waals surface area contributed by atoms with Crippen molar-refractivity contribution < 1.29 is 19.4 Å². The molecule has 2 N–H and O–H groups in total.